The van der Waals surface area contributed by atoms with Gasteiger partial charge in [0, 0.05) is 12.6 Å². The molecule has 0 unspecified atom stereocenters. The van der Waals surface area contributed by atoms with Gasteiger partial charge in [0.2, 0.25) is 5.76 Å². The highest BCUT2D eigenvalue weighted by molar-refractivity contribution is 6.30. The first-order chi connectivity index (χ1) is 9.19. The van der Waals surface area contributed by atoms with Gasteiger partial charge in [-0.15, -0.1) is 12.3 Å². The van der Waals surface area contributed by atoms with E-state index in [9.17, 15) is 4.79 Å². The molecule has 0 fully saturated rings. The number of ether oxygens (including phenoxy) is 1. The van der Waals surface area contributed by atoms with Gasteiger partial charge in [-0.1, -0.05) is 11.6 Å². The van der Waals surface area contributed by atoms with Crippen molar-refractivity contribution in [1.82, 2.24) is 9.78 Å². The fourth-order valence-corrected chi connectivity index (χ4v) is 1.59. The first-order valence-corrected chi connectivity index (χ1v) is 5.94. The van der Waals surface area contributed by atoms with E-state index < -0.39 is 5.97 Å². The van der Waals surface area contributed by atoms with Gasteiger partial charge in [-0.2, -0.15) is 5.10 Å². The summed E-state index contributed by atoms with van der Waals surface area (Å²) in [5, 5.41) is 4.55. The Morgan fingerprint density at radius 2 is 2.42 bits per heavy atom. The number of esters is 1. The van der Waals surface area contributed by atoms with Crippen LogP contribution in [0.3, 0.4) is 0 Å². The molecule has 0 saturated carbocycles. The van der Waals surface area contributed by atoms with Crippen LogP contribution in [0.15, 0.2) is 28.9 Å². The molecule has 2 aromatic rings. The molecule has 0 saturated heterocycles. The fourth-order valence-electron chi connectivity index (χ4n) is 1.43. The quantitative estimate of drug-likeness (QED) is 0.479. The van der Waals surface area contributed by atoms with E-state index in [1.165, 1.54) is 6.20 Å². The second-order valence-corrected chi connectivity index (χ2v) is 4.15. The second kappa shape index (κ2) is 6.12. The predicted octanol–water partition coefficient (Wildman–Crippen LogP) is 2.36. The molecule has 5 nitrogen and oxygen atoms in total. The lowest BCUT2D eigenvalue weighted by Gasteiger charge is -1.99. The zero-order chi connectivity index (χ0) is 13.7. The molecule has 98 valence electrons. The number of halogens is 1. The molecule has 0 N–H and O–H groups in total. The van der Waals surface area contributed by atoms with Crippen molar-refractivity contribution in [2.75, 3.05) is 6.61 Å². The van der Waals surface area contributed by atoms with Crippen LogP contribution in [0.2, 0.25) is 5.02 Å². The lowest BCUT2D eigenvalue weighted by Crippen LogP contribution is -2.05. The smallest absolute Gasteiger partial charge is 0.374 e. The minimum Gasteiger partial charge on any atom is -0.459 e. The molecule has 2 rings (SSSR count). The van der Waals surface area contributed by atoms with Gasteiger partial charge >= 0.3 is 5.97 Å². The first kappa shape index (κ1) is 13.2. The van der Waals surface area contributed by atoms with Crippen molar-refractivity contribution in [1.29, 1.82) is 0 Å². The van der Waals surface area contributed by atoms with Crippen LogP contribution in [-0.4, -0.2) is 22.4 Å². The third-order valence-corrected chi connectivity index (χ3v) is 2.46. The van der Waals surface area contributed by atoms with Gasteiger partial charge in [-0.3, -0.25) is 4.68 Å². The maximum atomic E-state index is 11.6. The number of carbonyl (C=O) groups is 1. The normalized spacial score (nSPS) is 10.1. The van der Waals surface area contributed by atoms with Crippen LogP contribution in [0.25, 0.3) is 0 Å². The van der Waals surface area contributed by atoms with Crippen LogP contribution >= 0.6 is 11.6 Å². The predicted molar refractivity (Wildman–Crippen MR) is 68.8 cm³/mol. The van der Waals surface area contributed by atoms with Gasteiger partial charge in [-0.05, 0) is 12.1 Å². The molecular formula is C13H11ClN2O3. The first-order valence-electron chi connectivity index (χ1n) is 5.56. The Morgan fingerprint density at radius 1 is 1.58 bits per heavy atom. The van der Waals surface area contributed by atoms with E-state index in [1.54, 1.807) is 23.0 Å². The number of hydrogen-bond donors (Lipinski definition) is 0. The van der Waals surface area contributed by atoms with Crippen molar-refractivity contribution in [3.8, 4) is 12.3 Å². The Kier molecular flexibility index (Phi) is 4.26. The van der Waals surface area contributed by atoms with Gasteiger partial charge in [0.15, 0.2) is 0 Å². The monoisotopic (exact) mass is 278 g/mol. The topological polar surface area (TPSA) is 57.3 Å². The van der Waals surface area contributed by atoms with Crippen molar-refractivity contribution >= 4 is 17.6 Å². The molecule has 0 atom stereocenters. The second-order valence-electron chi connectivity index (χ2n) is 3.71. The summed E-state index contributed by atoms with van der Waals surface area (Å²) in [5.41, 5.74) is 0. The van der Waals surface area contributed by atoms with Crippen LogP contribution in [0.5, 0.6) is 0 Å². The van der Waals surface area contributed by atoms with Crippen LogP contribution < -0.4 is 0 Å². The van der Waals surface area contributed by atoms with Crippen LogP contribution in [0, 0.1) is 12.3 Å². The number of carbonyl (C=O) groups excluding carboxylic acids is 1. The van der Waals surface area contributed by atoms with E-state index in [4.69, 9.17) is 27.2 Å². The number of rotatable bonds is 5. The number of aromatic nitrogens is 2. The van der Waals surface area contributed by atoms with Crippen molar-refractivity contribution in [3.63, 3.8) is 0 Å². The highest BCUT2D eigenvalue weighted by Gasteiger charge is 2.12. The van der Waals surface area contributed by atoms with E-state index in [0.717, 1.165) is 0 Å². The van der Waals surface area contributed by atoms with E-state index in [1.807, 2.05) is 0 Å². The van der Waals surface area contributed by atoms with Crippen LogP contribution in [0.1, 0.15) is 22.7 Å². The van der Waals surface area contributed by atoms with E-state index in [2.05, 4.69) is 11.0 Å². The summed E-state index contributed by atoms with van der Waals surface area (Å²) in [6.45, 7) is 0.574. The SMILES string of the molecule is C#CCCOC(=O)c1ccc(Cn2cc(Cl)cn2)o1. The Morgan fingerprint density at radius 3 is 3.11 bits per heavy atom. The van der Waals surface area contributed by atoms with Crippen molar-refractivity contribution < 1.29 is 13.9 Å². The van der Waals surface area contributed by atoms with E-state index in [-0.39, 0.29) is 12.4 Å². The van der Waals surface area contributed by atoms with Crippen molar-refractivity contribution in [3.05, 3.63) is 41.1 Å². The van der Waals surface area contributed by atoms with Gasteiger partial charge < -0.3 is 9.15 Å². The molecule has 0 aliphatic rings. The average Bonchev–Trinajstić information content (AvgIpc) is 3.00. The highest BCUT2D eigenvalue weighted by atomic mass is 35.5. The molecule has 0 spiro atoms. The standard InChI is InChI=1S/C13H11ClN2O3/c1-2-3-6-18-13(17)12-5-4-11(19-12)9-16-8-10(14)7-15-16/h1,4-5,7-8H,3,6,9H2. The lowest BCUT2D eigenvalue weighted by molar-refractivity contribution is 0.0475. The molecule has 0 aliphatic carbocycles. The molecule has 0 aromatic carbocycles. The van der Waals surface area contributed by atoms with Crippen molar-refractivity contribution in [2.45, 2.75) is 13.0 Å². The van der Waals surface area contributed by atoms with Gasteiger partial charge in [0.1, 0.15) is 12.4 Å². The minimum atomic E-state index is -0.528. The maximum absolute atomic E-state index is 11.6. The number of furan rings is 1. The summed E-state index contributed by atoms with van der Waals surface area (Å²) < 4.78 is 11.9. The molecule has 2 aromatic heterocycles. The van der Waals surface area contributed by atoms with Crippen molar-refractivity contribution in [2.24, 2.45) is 0 Å². The van der Waals surface area contributed by atoms with Crippen LogP contribution in [0.4, 0.5) is 0 Å². The third kappa shape index (κ3) is 3.63. The molecule has 0 aliphatic heterocycles. The summed E-state index contributed by atoms with van der Waals surface area (Å²) in [7, 11) is 0. The summed E-state index contributed by atoms with van der Waals surface area (Å²) >= 11 is 5.75. The minimum absolute atomic E-state index is 0.144. The third-order valence-electron chi connectivity index (χ3n) is 2.26. The van der Waals surface area contributed by atoms with Crippen LogP contribution in [-0.2, 0) is 11.3 Å². The molecule has 0 radical (unpaired) electrons. The summed E-state index contributed by atoms with van der Waals surface area (Å²) in [6, 6.07) is 3.24. The zero-order valence-corrected chi connectivity index (χ0v) is 10.8. The largest absolute Gasteiger partial charge is 0.459 e. The van der Waals surface area contributed by atoms with Gasteiger partial charge in [0.25, 0.3) is 0 Å². The molecular weight excluding hydrogens is 268 g/mol. The number of terminal acetylenes is 1. The Bertz CT molecular complexity index is 609. The zero-order valence-electron chi connectivity index (χ0n) is 10.0. The average molecular weight is 279 g/mol. The molecule has 0 amide bonds. The molecule has 19 heavy (non-hydrogen) atoms. The van der Waals surface area contributed by atoms with E-state index >= 15 is 0 Å². The Hall–Kier alpha value is -2.19. The Labute approximate surface area is 115 Å². The summed E-state index contributed by atoms with van der Waals surface area (Å²) in [5.74, 6) is 2.59. The van der Waals surface area contributed by atoms with Gasteiger partial charge in [-0.25, -0.2) is 4.79 Å². The van der Waals surface area contributed by atoms with E-state index in [0.29, 0.717) is 23.7 Å². The molecule has 0 bridgehead atoms. The van der Waals surface area contributed by atoms with Gasteiger partial charge in [0.05, 0.1) is 17.8 Å². The maximum Gasteiger partial charge on any atom is 0.374 e. The fraction of sp³-hybridized carbons (Fsp3) is 0.231. The number of nitrogens with zero attached hydrogens (tertiary/aromatic N) is 2. The highest BCUT2D eigenvalue weighted by Crippen LogP contribution is 2.12. The summed E-state index contributed by atoms with van der Waals surface area (Å²) in [6.07, 6.45) is 8.63. The molecule has 6 heteroatoms. The number of hydrogen-bond acceptors (Lipinski definition) is 4. The lowest BCUT2D eigenvalue weighted by atomic mass is 10.4. The molecule has 2 heterocycles. The summed E-state index contributed by atoms with van der Waals surface area (Å²) in [4.78, 5) is 11.6. The Balaban J connectivity index is 1.95.